The molecule has 4 rings (SSSR count). The Bertz CT molecular complexity index is 782. The number of hydrogen-bond donors (Lipinski definition) is 0. The van der Waals surface area contributed by atoms with Crippen molar-refractivity contribution in [3.8, 4) is 0 Å². The molecular formula is C20H26N4OS. The number of hydrogen-bond acceptors (Lipinski definition) is 5. The molecule has 1 amide bonds. The molecule has 0 radical (unpaired) electrons. The molecule has 0 saturated carbocycles. The van der Waals surface area contributed by atoms with E-state index in [1.54, 1.807) is 11.3 Å². The van der Waals surface area contributed by atoms with Gasteiger partial charge in [0.25, 0.3) is 0 Å². The van der Waals surface area contributed by atoms with E-state index in [9.17, 15) is 4.79 Å². The molecule has 1 atom stereocenters. The SMILES string of the molecule is Cc1nc(CN2CCN(C(=O)C3Cc4ccccc4CN3C)CC2)cs1. The second kappa shape index (κ2) is 7.47. The predicted molar refractivity (Wildman–Crippen MR) is 104 cm³/mol. The average Bonchev–Trinajstić information content (AvgIpc) is 3.06. The van der Waals surface area contributed by atoms with E-state index in [-0.39, 0.29) is 11.9 Å². The van der Waals surface area contributed by atoms with Crippen LogP contribution in [0.15, 0.2) is 29.6 Å². The lowest BCUT2D eigenvalue weighted by atomic mass is 9.93. The molecule has 5 nitrogen and oxygen atoms in total. The van der Waals surface area contributed by atoms with Crippen molar-refractivity contribution in [1.82, 2.24) is 19.7 Å². The normalized spacial score (nSPS) is 21.6. The van der Waals surface area contributed by atoms with E-state index in [2.05, 4.69) is 56.4 Å². The Hall–Kier alpha value is -1.76. The van der Waals surface area contributed by atoms with Gasteiger partial charge < -0.3 is 4.90 Å². The summed E-state index contributed by atoms with van der Waals surface area (Å²) in [5.74, 6) is 0.283. The number of amides is 1. The molecule has 0 aliphatic carbocycles. The molecule has 26 heavy (non-hydrogen) atoms. The van der Waals surface area contributed by atoms with Crippen LogP contribution >= 0.6 is 11.3 Å². The maximum Gasteiger partial charge on any atom is 0.240 e. The van der Waals surface area contributed by atoms with Gasteiger partial charge >= 0.3 is 0 Å². The van der Waals surface area contributed by atoms with Crippen LogP contribution in [0.4, 0.5) is 0 Å². The molecule has 2 aliphatic heterocycles. The van der Waals surface area contributed by atoms with Crippen LogP contribution < -0.4 is 0 Å². The highest BCUT2D eigenvalue weighted by atomic mass is 32.1. The molecule has 6 heteroatoms. The van der Waals surface area contributed by atoms with Gasteiger partial charge in [0, 0.05) is 44.6 Å². The minimum Gasteiger partial charge on any atom is -0.339 e. The lowest BCUT2D eigenvalue weighted by molar-refractivity contribution is -0.139. The smallest absolute Gasteiger partial charge is 0.240 e. The van der Waals surface area contributed by atoms with Crippen molar-refractivity contribution in [2.24, 2.45) is 0 Å². The van der Waals surface area contributed by atoms with Gasteiger partial charge in [0.2, 0.25) is 5.91 Å². The number of benzene rings is 1. The summed E-state index contributed by atoms with van der Waals surface area (Å²) in [7, 11) is 2.07. The number of rotatable bonds is 3. The fourth-order valence-corrected chi connectivity index (χ4v) is 4.58. The molecule has 1 fully saturated rings. The van der Waals surface area contributed by atoms with Crippen molar-refractivity contribution in [3.63, 3.8) is 0 Å². The summed E-state index contributed by atoms with van der Waals surface area (Å²) >= 11 is 1.70. The summed E-state index contributed by atoms with van der Waals surface area (Å²) in [6, 6.07) is 8.46. The highest BCUT2D eigenvalue weighted by molar-refractivity contribution is 7.09. The topological polar surface area (TPSA) is 39.7 Å². The Morgan fingerprint density at radius 2 is 1.92 bits per heavy atom. The van der Waals surface area contributed by atoms with Crippen LogP contribution in [0.5, 0.6) is 0 Å². The number of piperazine rings is 1. The number of fused-ring (bicyclic) bond motifs is 1. The first kappa shape index (κ1) is 17.6. The Labute approximate surface area is 159 Å². The summed E-state index contributed by atoms with van der Waals surface area (Å²) in [5.41, 5.74) is 3.82. The van der Waals surface area contributed by atoms with Gasteiger partial charge in [0.15, 0.2) is 0 Å². The Morgan fingerprint density at radius 1 is 1.19 bits per heavy atom. The van der Waals surface area contributed by atoms with E-state index in [0.29, 0.717) is 0 Å². The van der Waals surface area contributed by atoms with Crippen molar-refractivity contribution >= 4 is 17.2 Å². The van der Waals surface area contributed by atoms with Gasteiger partial charge in [-0.3, -0.25) is 14.6 Å². The Balaban J connectivity index is 1.35. The van der Waals surface area contributed by atoms with Crippen LogP contribution in [0.2, 0.25) is 0 Å². The lowest BCUT2D eigenvalue weighted by Crippen LogP contribution is -2.55. The maximum absolute atomic E-state index is 13.1. The van der Waals surface area contributed by atoms with Gasteiger partial charge in [0.1, 0.15) is 0 Å². The van der Waals surface area contributed by atoms with Crippen molar-refractivity contribution in [2.75, 3.05) is 33.2 Å². The fourth-order valence-electron chi connectivity index (χ4n) is 3.98. The number of carbonyl (C=O) groups is 1. The zero-order valence-electron chi connectivity index (χ0n) is 15.5. The molecule has 0 spiro atoms. The highest BCUT2D eigenvalue weighted by Gasteiger charge is 2.33. The molecule has 1 aromatic heterocycles. The number of nitrogens with zero attached hydrogens (tertiary/aromatic N) is 4. The summed E-state index contributed by atoms with van der Waals surface area (Å²) in [6.07, 6.45) is 0.823. The molecule has 0 N–H and O–H groups in total. The van der Waals surface area contributed by atoms with Crippen molar-refractivity contribution in [1.29, 1.82) is 0 Å². The highest BCUT2D eigenvalue weighted by Crippen LogP contribution is 2.23. The maximum atomic E-state index is 13.1. The monoisotopic (exact) mass is 370 g/mol. The first-order chi connectivity index (χ1) is 12.6. The molecule has 2 aliphatic rings. The van der Waals surface area contributed by atoms with Crippen LogP contribution in [0.1, 0.15) is 21.8 Å². The van der Waals surface area contributed by atoms with Crippen molar-refractivity contribution in [3.05, 3.63) is 51.5 Å². The minimum atomic E-state index is -0.0300. The quantitative estimate of drug-likeness (QED) is 0.830. The van der Waals surface area contributed by atoms with Crippen LogP contribution in [-0.2, 0) is 24.3 Å². The largest absolute Gasteiger partial charge is 0.339 e. The number of thiazole rings is 1. The third-order valence-electron chi connectivity index (χ3n) is 5.50. The predicted octanol–water partition coefficient (Wildman–Crippen LogP) is 2.15. The number of likely N-dealkylation sites (N-methyl/N-ethyl adjacent to an activating group) is 1. The summed E-state index contributed by atoms with van der Waals surface area (Å²) < 4.78 is 0. The molecule has 3 heterocycles. The second-order valence-electron chi connectivity index (χ2n) is 7.36. The molecule has 138 valence electrons. The molecule has 1 saturated heterocycles. The van der Waals surface area contributed by atoms with Crippen molar-refractivity contribution < 1.29 is 4.79 Å². The molecule has 1 unspecified atom stereocenters. The van der Waals surface area contributed by atoms with E-state index in [1.807, 2.05) is 6.92 Å². The van der Waals surface area contributed by atoms with E-state index in [1.165, 1.54) is 11.1 Å². The minimum absolute atomic E-state index is 0.0300. The van der Waals surface area contributed by atoms with Gasteiger partial charge in [-0.2, -0.15) is 0 Å². The molecule has 0 bridgehead atoms. The van der Waals surface area contributed by atoms with E-state index in [0.717, 1.165) is 56.4 Å². The van der Waals surface area contributed by atoms with Crippen LogP contribution in [-0.4, -0.2) is 64.9 Å². The van der Waals surface area contributed by atoms with Crippen LogP contribution in [0, 0.1) is 6.92 Å². The van der Waals surface area contributed by atoms with E-state index >= 15 is 0 Å². The zero-order valence-corrected chi connectivity index (χ0v) is 16.3. The third kappa shape index (κ3) is 3.68. The Kier molecular flexibility index (Phi) is 5.07. The number of aromatic nitrogens is 1. The Morgan fingerprint density at radius 3 is 2.62 bits per heavy atom. The average molecular weight is 371 g/mol. The van der Waals surface area contributed by atoms with Gasteiger partial charge in [-0.15, -0.1) is 11.3 Å². The van der Waals surface area contributed by atoms with E-state index in [4.69, 9.17) is 0 Å². The number of aryl methyl sites for hydroxylation is 1. The van der Waals surface area contributed by atoms with Gasteiger partial charge in [0.05, 0.1) is 16.7 Å². The lowest BCUT2D eigenvalue weighted by Gasteiger charge is -2.40. The zero-order chi connectivity index (χ0) is 18.1. The van der Waals surface area contributed by atoms with Crippen LogP contribution in [0.25, 0.3) is 0 Å². The molecule has 2 aromatic rings. The first-order valence-electron chi connectivity index (χ1n) is 9.29. The summed E-state index contributed by atoms with van der Waals surface area (Å²) in [4.78, 5) is 24.3. The van der Waals surface area contributed by atoms with Crippen LogP contribution in [0.3, 0.4) is 0 Å². The molecule has 1 aromatic carbocycles. The van der Waals surface area contributed by atoms with Gasteiger partial charge in [-0.05, 0) is 31.5 Å². The second-order valence-corrected chi connectivity index (χ2v) is 8.43. The fraction of sp³-hybridized carbons (Fsp3) is 0.500. The van der Waals surface area contributed by atoms with E-state index < -0.39 is 0 Å². The standard InChI is InChI=1S/C20H26N4OS/c1-15-21-18(14-26-15)13-23-7-9-24(10-8-23)20(25)19-11-16-5-3-4-6-17(16)12-22(19)2/h3-6,14,19H,7-13H2,1-2H3. The van der Waals surface area contributed by atoms with Gasteiger partial charge in [-0.1, -0.05) is 24.3 Å². The van der Waals surface area contributed by atoms with Crippen molar-refractivity contribution in [2.45, 2.75) is 32.5 Å². The summed E-state index contributed by atoms with van der Waals surface area (Å²) in [5, 5.41) is 3.26. The first-order valence-corrected chi connectivity index (χ1v) is 10.2. The number of carbonyl (C=O) groups excluding carboxylic acids is 1. The third-order valence-corrected chi connectivity index (χ3v) is 6.33. The van der Waals surface area contributed by atoms with Gasteiger partial charge in [-0.25, -0.2) is 4.98 Å². The summed E-state index contributed by atoms with van der Waals surface area (Å²) in [6.45, 7) is 7.27. The molecular weight excluding hydrogens is 344 g/mol.